The lowest BCUT2D eigenvalue weighted by atomic mass is 9.69. The number of nitrogens with zero attached hydrogens (tertiary/aromatic N) is 5. The molecule has 5 aromatic carbocycles. The Morgan fingerprint density at radius 2 is 1.63 bits per heavy atom. The summed E-state index contributed by atoms with van der Waals surface area (Å²) in [4.78, 5) is 37.7. The number of piperidine rings is 1. The molecule has 5 atom stereocenters. The molecule has 3 aliphatic carbocycles. The fourth-order valence-electron chi connectivity index (χ4n) is 12.8. The number of aliphatic hydroxyl groups is 3. The Morgan fingerprint density at radius 1 is 0.902 bits per heavy atom. The van der Waals surface area contributed by atoms with Crippen molar-refractivity contribution in [2.45, 2.75) is 128 Å². The zero-order chi connectivity index (χ0) is 58.1. The molecule has 6 aliphatic rings. The molecule has 6 aromatic rings. The largest absolute Gasteiger partial charge is 0.493 e. The van der Waals surface area contributed by atoms with Crippen molar-refractivity contribution in [2.24, 2.45) is 11.8 Å². The van der Waals surface area contributed by atoms with E-state index in [0.29, 0.717) is 30.2 Å². The van der Waals surface area contributed by atoms with Crippen LogP contribution in [0.3, 0.4) is 0 Å². The number of rotatable bonds is 11. The fourth-order valence-corrected chi connectivity index (χ4v) is 12.8. The summed E-state index contributed by atoms with van der Waals surface area (Å²) in [6, 6.07) is 34.6. The Morgan fingerprint density at radius 3 is 2.37 bits per heavy atom. The van der Waals surface area contributed by atoms with Gasteiger partial charge in [0.25, 0.3) is 0 Å². The molecule has 2 unspecified atom stereocenters. The second-order valence-electron chi connectivity index (χ2n) is 23.5. The highest BCUT2D eigenvalue weighted by Gasteiger charge is 2.52. The zero-order valence-electron chi connectivity index (χ0n) is 49.3. The molecule has 4 heterocycles. The standard InChI is InChI=1S/C24H29NO3.C17H21NO3.C14H22N2O2.C13H14N2/c26-15-21-12-19-11-20(24(28)23(19)13-22(21)16-27)10-17-6-8-25(9-7-17)14-18-4-2-1-3-5-18;1-18-8-7-17-6-5-12(19)9-14(17)21-16-13(20-2)4-3-11(10-18)15(16)17;1-6-16(5)14(17)18-13-9-7-8-12(10-13)11(2)15(3)4;14-13-9-5-1-3-7-11(9)15-12-8-4-2-6-10(12)13/h1-5,12-13,17,20,26-27H,6-11,14-16H2;3-6,12,14,19H,7-10H2,1-2H3;7-11H,6H2,1-5H3;1,3,5,7H,2,4,6,8H2,(H2,14,15)/t;12-,14-,17?;11-;/m.00./s1. The molecule has 0 radical (unpaired) electrons. The van der Waals surface area contributed by atoms with E-state index in [4.69, 9.17) is 24.9 Å². The molecule has 3 aliphatic heterocycles. The number of fused-ring (bicyclic) bond motifs is 3. The van der Waals surface area contributed by atoms with Crippen LogP contribution in [0.25, 0.3) is 10.9 Å². The van der Waals surface area contributed by atoms with Crippen molar-refractivity contribution in [3.63, 3.8) is 0 Å². The minimum absolute atomic E-state index is 0.00838. The number of aliphatic hydroxyl groups excluding tert-OH is 3. The summed E-state index contributed by atoms with van der Waals surface area (Å²) in [5.74, 6) is 3.16. The van der Waals surface area contributed by atoms with E-state index >= 15 is 0 Å². The first-order valence-electron chi connectivity index (χ1n) is 29.6. The first kappa shape index (κ1) is 60.0. The number of pyridine rings is 1. The van der Waals surface area contributed by atoms with Crippen molar-refractivity contribution in [3.05, 3.63) is 171 Å². The van der Waals surface area contributed by atoms with Gasteiger partial charge in [-0.15, -0.1) is 0 Å². The number of Topliss-reactive ketones (excluding diaryl/α,β-unsaturated/α-hetero) is 1. The SMILES string of the molecule is CCN(C)C(=O)Oc1cccc([C@H](C)N(C)C)c1.COc1ccc2c3c1O[C@H]1C[C@@H](O)C=CC31CCN(C)C2.Nc1c2c(nc3ccccc13)CCCC2.O=C1c2cc(CO)c(CO)cc2CC1CC1CCN(Cc2ccccc2)CC1. The average molecular weight is 1120 g/mol. The van der Waals surface area contributed by atoms with E-state index < -0.39 is 6.10 Å². The molecule has 0 bridgehead atoms. The van der Waals surface area contributed by atoms with Crippen LogP contribution in [0.5, 0.6) is 17.2 Å². The molecular formula is C68H86N6O8. The van der Waals surface area contributed by atoms with Gasteiger partial charge >= 0.3 is 6.09 Å². The van der Waals surface area contributed by atoms with Crippen molar-refractivity contribution < 1.29 is 39.1 Å². The Labute approximate surface area is 485 Å². The molecule has 82 heavy (non-hydrogen) atoms. The van der Waals surface area contributed by atoms with Crippen LogP contribution in [0, 0.1) is 11.8 Å². The normalized spacial score (nSPS) is 21.2. The summed E-state index contributed by atoms with van der Waals surface area (Å²) in [5.41, 5.74) is 18.9. The first-order chi connectivity index (χ1) is 39.6. The highest BCUT2D eigenvalue weighted by atomic mass is 16.6. The molecule has 436 valence electrons. The van der Waals surface area contributed by atoms with Gasteiger partial charge in [-0.2, -0.15) is 0 Å². The van der Waals surface area contributed by atoms with Gasteiger partial charge in [0, 0.05) is 73.0 Å². The van der Waals surface area contributed by atoms with E-state index in [-0.39, 0.29) is 48.6 Å². The number of methoxy groups -OCH3 is 1. The predicted molar refractivity (Wildman–Crippen MR) is 324 cm³/mol. The molecule has 1 aromatic heterocycles. The lowest BCUT2D eigenvalue weighted by Gasteiger charge is -2.35. The van der Waals surface area contributed by atoms with Crippen LogP contribution >= 0.6 is 0 Å². The predicted octanol–water partition coefficient (Wildman–Crippen LogP) is 10.6. The van der Waals surface area contributed by atoms with Gasteiger partial charge in [0.15, 0.2) is 17.3 Å². The van der Waals surface area contributed by atoms with Crippen LogP contribution in [-0.2, 0) is 51.0 Å². The summed E-state index contributed by atoms with van der Waals surface area (Å²) < 4.78 is 17.1. The zero-order valence-corrected chi connectivity index (χ0v) is 49.3. The van der Waals surface area contributed by atoms with Crippen LogP contribution in [0.1, 0.15) is 125 Å². The van der Waals surface area contributed by atoms with E-state index in [0.717, 1.165) is 128 Å². The molecule has 1 saturated heterocycles. The van der Waals surface area contributed by atoms with Crippen molar-refractivity contribution in [1.29, 1.82) is 0 Å². The van der Waals surface area contributed by atoms with E-state index in [2.05, 4.69) is 77.2 Å². The number of carbonyl (C=O) groups excluding carboxylic acids is 2. The second-order valence-corrected chi connectivity index (χ2v) is 23.5. The van der Waals surface area contributed by atoms with E-state index in [9.17, 15) is 24.9 Å². The number of nitrogen functional groups attached to an aromatic ring is 1. The molecule has 1 spiro atoms. The number of carbonyl (C=O) groups is 2. The van der Waals surface area contributed by atoms with Gasteiger partial charge in [-0.1, -0.05) is 84.9 Å². The highest BCUT2D eigenvalue weighted by Crippen LogP contribution is 2.55. The number of ketones is 1. The number of aromatic nitrogens is 1. The average Bonchev–Trinajstić information content (AvgIpc) is 2.46. The van der Waals surface area contributed by atoms with Crippen LogP contribution < -0.4 is 19.9 Å². The van der Waals surface area contributed by atoms with Gasteiger partial charge in [-0.05, 0) is 188 Å². The number of nitrogens with two attached hydrogens (primary N) is 1. The molecule has 12 rings (SSSR count). The lowest BCUT2D eigenvalue weighted by Crippen LogP contribution is -2.42. The molecule has 1 amide bonds. The summed E-state index contributed by atoms with van der Waals surface area (Å²) in [7, 11) is 9.60. The third-order valence-corrected chi connectivity index (χ3v) is 17.9. The number of benzene rings is 5. The van der Waals surface area contributed by atoms with E-state index in [1.165, 1.54) is 45.7 Å². The molecule has 0 saturated carbocycles. The number of likely N-dealkylation sites (tertiary alicyclic amines) is 1. The topological polar surface area (TPSA) is 174 Å². The monoisotopic (exact) mass is 1110 g/mol. The quantitative estimate of drug-likeness (QED) is 0.0904. The van der Waals surface area contributed by atoms with E-state index in [1.54, 1.807) is 26.3 Å². The maximum Gasteiger partial charge on any atom is 0.414 e. The maximum absolute atomic E-state index is 12.9. The summed E-state index contributed by atoms with van der Waals surface area (Å²) in [6.07, 6.45) is 13.8. The minimum Gasteiger partial charge on any atom is -0.493 e. The smallest absolute Gasteiger partial charge is 0.414 e. The first-order valence-corrected chi connectivity index (χ1v) is 29.6. The summed E-state index contributed by atoms with van der Waals surface area (Å²) in [6.45, 7) is 9.57. The van der Waals surface area contributed by atoms with Gasteiger partial charge in [0.2, 0.25) is 0 Å². The number of amides is 1. The molecule has 14 heteroatoms. The minimum atomic E-state index is -0.412. The van der Waals surface area contributed by atoms with Gasteiger partial charge < -0.3 is 50.0 Å². The van der Waals surface area contributed by atoms with Gasteiger partial charge in [0.1, 0.15) is 11.9 Å². The Kier molecular flexibility index (Phi) is 19.9. The third-order valence-electron chi connectivity index (χ3n) is 17.9. The van der Waals surface area contributed by atoms with Crippen LogP contribution in [-0.4, -0.2) is 125 Å². The molecular weight excluding hydrogens is 1030 g/mol. The van der Waals surface area contributed by atoms with Crippen LogP contribution in [0.15, 0.2) is 115 Å². The summed E-state index contributed by atoms with van der Waals surface area (Å²) in [5, 5.41) is 30.1. The van der Waals surface area contributed by atoms with E-state index in [1.807, 2.05) is 75.6 Å². The van der Waals surface area contributed by atoms with Crippen molar-refractivity contribution in [1.82, 2.24) is 24.6 Å². The lowest BCUT2D eigenvalue weighted by molar-refractivity contribution is 0.0821. The van der Waals surface area contributed by atoms with Crippen molar-refractivity contribution >= 4 is 28.5 Å². The Bertz CT molecular complexity index is 3200. The van der Waals surface area contributed by atoms with Gasteiger partial charge in [0.05, 0.1) is 37.4 Å². The molecule has 14 nitrogen and oxygen atoms in total. The van der Waals surface area contributed by atoms with Crippen LogP contribution in [0.4, 0.5) is 10.5 Å². The Hall–Kier alpha value is -6.65. The second kappa shape index (κ2) is 27.2. The highest BCUT2D eigenvalue weighted by molar-refractivity contribution is 6.02. The number of hydrogen-bond donors (Lipinski definition) is 4. The van der Waals surface area contributed by atoms with Crippen molar-refractivity contribution in [3.8, 4) is 17.2 Å². The maximum atomic E-state index is 12.9. The van der Waals surface area contributed by atoms with Gasteiger partial charge in [-0.3, -0.25) is 14.7 Å². The van der Waals surface area contributed by atoms with Crippen molar-refractivity contribution in [2.75, 3.05) is 67.2 Å². The van der Waals surface area contributed by atoms with Crippen LogP contribution in [0.2, 0.25) is 0 Å². The fraction of sp³-hybridized carbons (Fsp3) is 0.456. The third kappa shape index (κ3) is 13.5. The van der Waals surface area contributed by atoms with Gasteiger partial charge in [-0.25, -0.2) is 4.79 Å². The Balaban J connectivity index is 0.000000135. The number of aryl methyl sites for hydroxylation is 1. The number of ether oxygens (including phenoxy) is 3. The number of para-hydroxylation sites is 1. The number of anilines is 1. The molecule has 5 N–H and O–H groups in total. The number of hydrogen-bond acceptors (Lipinski definition) is 13. The summed E-state index contributed by atoms with van der Waals surface area (Å²) >= 11 is 0. The molecule has 1 fully saturated rings.